The molecule has 1 heterocycles. The van der Waals surface area contributed by atoms with Gasteiger partial charge in [-0.2, -0.15) is 4.98 Å². The fourth-order valence-electron chi connectivity index (χ4n) is 2.36. The van der Waals surface area contributed by atoms with Crippen LogP contribution in [0.3, 0.4) is 0 Å². The van der Waals surface area contributed by atoms with Crippen molar-refractivity contribution in [2.75, 3.05) is 0 Å². The van der Waals surface area contributed by atoms with Crippen molar-refractivity contribution in [1.82, 2.24) is 10.1 Å². The van der Waals surface area contributed by atoms with E-state index in [9.17, 15) is 14.0 Å². The average molecular weight is 368 g/mol. The average Bonchev–Trinajstić information content (AvgIpc) is 3.16. The van der Waals surface area contributed by atoms with Crippen LogP contribution in [0.1, 0.15) is 34.7 Å². The van der Waals surface area contributed by atoms with Gasteiger partial charge in [0.05, 0.1) is 6.42 Å². The van der Waals surface area contributed by atoms with Crippen LogP contribution >= 0.6 is 0 Å². The lowest BCUT2D eigenvalue weighted by Crippen LogP contribution is -2.08. The lowest BCUT2D eigenvalue weighted by Gasteiger charge is -2.02. The highest BCUT2D eigenvalue weighted by Gasteiger charge is 2.14. The molecule has 0 aliphatic heterocycles. The standard InChI is InChI=1S/C20H17FN2O4/c1-13-7-8-15(11-16(13)21)20-22-18(27-23-20)12-26-19(25)10-9-17(24)14-5-3-2-4-6-14/h2-8,11H,9-10,12H2,1H3. The molecule has 138 valence electrons. The Morgan fingerprint density at radius 2 is 1.89 bits per heavy atom. The Kier molecular flexibility index (Phi) is 5.71. The predicted octanol–water partition coefficient (Wildman–Crippen LogP) is 3.89. The third-order valence-corrected chi connectivity index (χ3v) is 3.91. The molecule has 0 fully saturated rings. The first kappa shape index (κ1) is 18.4. The minimum absolute atomic E-state index is 0.0438. The number of rotatable bonds is 7. The molecule has 0 unspecified atom stereocenters. The second-order valence-corrected chi connectivity index (χ2v) is 5.93. The summed E-state index contributed by atoms with van der Waals surface area (Å²) in [5.74, 6) is -0.740. The van der Waals surface area contributed by atoms with E-state index in [1.807, 2.05) is 6.07 Å². The van der Waals surface area contributed by atoms with Crippen molar-refractivity contribution < 1.29 is 23.2 Å². The molecule has 0 saturated carbocycles. The van der Waals surface area contributed by atoms with E-state index in [1.54, 1.807) is 43.3 Å². The summed E-state index contributed by atoms with van der Waals surface area (Å²) in [6.07, 6.45) is 0.0124. The van der Waals surface area contributed by atoms with Gasteiger partial charge in [-0.1, -0.05) is 47.6 Å². The molecule has 3 aromatic rings. The number of carbonyl (C=O) groups is 2. The summed E-state index contributed by atoms with van der Waals surface area (Å²) >= 11 is 0. The molecule has 3 rings (SSSR count). The number of aromatic nitrogens is 2. The quantitative estimate of drug-likeness (QED) is 0.465. The predicted molar refractivity (Wildman–Crippen MR) is 94.2 cm³/mol. The molecule has 0 aliphatic carbocycles. The first-order valence-corrected chi connectivity index (χ1v) is 8.36. The summed E-state index contributed by atoms with van der Waals surface area (Å²) in [5.41, 5.74) is 1.53. The van der Waals surface area contributed by atoms with Gasteiger partial charge in [-0.05, 0) is 18.6 Å². The van der Waals surface area contributed by atoms with Crippen LogP contribution in [0.4, 0.5) is 4.39 Å². The minimum atomic E-state index is -0.541. The van der Waals surface area contributed by atoms with Crippen LogP contribution in [0.15, 0.2) is 53.1 Å². The van der Waals surface area contributed by atoms with Crippen LogP contribution < -0.4 is 0 Å². The molecule has 1 aromatic heterocycles. The van der Waals surface area contributed by atoms with Crippen LogP contribution in [-0.2, 0) is 16.1 Å². The Balaban J connectivity index is 1.50. The van der Waals surface area contributed by atoms with Crippen LogP contribution in [-0.4, -0.2) is 21.9 Å². The van der Waals surface area contributed by atoms with Gasteiger partial charge >= 0.3 is 5.97 Å². The number of carbonyl (C=O) groups excluding carboxylic acids is 2. The third kappa shape index (κ3) is 4.84. The third-order valence-electron chi connectivity index (χ3n) is 3.91. The smallest absolute Gasteiger partial charge is 0.306 e. The second-order valence-electron chi connectivity index (χ2n) is 5.93. The number of esters is 1. The number of benzene rings is 2. The van der Waals surface area contributed by atoms with Crippen molar-refractivity contribution in [2.45, 2.75) is 26.4 Å². The van der Waals surface area contributed by atoms with Crippen LogP contribution in [0.2, 0.25) is 0 Å². The zero-order valence-corrected chi connectivity index (χ0v) is 14.6. The highest BCUT2D eigenvalue weighted by molar-refractivity contribution is 5.97. The van der Waals surface area contributed by atoms with E-state index in [4.69, 9.17) is 9.26 Å². The number of hydrogen-bond acceptors (Lipinski definition) is 6. The molecule has 2 aromatic carbocycles. The number of nitrogens with zero attached hydrogens (tertiary/aromatic N) is 2. The monoisotopic (exact) mass is 368 g/mol. The fraction of sp³-hybridized carbons (Fsp3) is 0.200. The fourth-order valence-corrected chi connectivity index (χ4v) is 2.36. The molecule has 7 heteroatoms. The van der Waals surface area contributed by atoms with Gasteiger partial charge in [-0.3, -0.25) is 9.59 Å². The molecule has 0 aliphatic rings. The van der Waals surface area contributed by atoms with Gasteiger partial charge < -0.3 is 9.26 Å². The second kappa shape index (κ2) is 8.35. The van der Waals surface area contributed by atoms with E-state index in [2.05, 4.69) is 10.1 Å². The lowest BCUT2D eigenvalue weighted by atomic mass is 10.1. The zero-order valence-electron chi connectivity index (χ0n) is 14.6. The number of ketones is 1. The Labute approximate surface area is 155 Å². The van der Waals surface area contributed by atoms with Gasteiger partial charge in [-0.25, -0.2) is 4.39 Å². The van der Waals surface area contributed by atoms with Crippen LogP contribution in [0.25, 0.3) is 11.4 Å². The van der Waals surface area contributed by atoms with Crippen molar-refractivity contribution in [3.8, 4) is 11.4 Å². The summed E-state index contributed by atoms with van der Waals surface area (Å²) in [6, 6.07) is 13.3. The van der Waals surface area contributed by atoms with Crippen LogP contribution in [0.5, 0.6) is 0 Å². The maximum atomic E-state index is 13.6. The SMILES string of the molecule is Cc1ccc(-c2noc(COC(=O)CCC(=O)c3ccccc3)n2)cc1F. The van der Waals surface area contributed by atoms with E-state index < -0.39 is 5.97 Å². The topological polar surface area (TPSA) is 82.3 Å². The number of halogens is 1. The summed E-state index contributed by atoms with van der Waals surface area (Å²) in [4.78, 5) is 27.8. The Morgan fingerprint density at radius 1 is 1.11 bits per heavy atom. The van der Waals surface area contributed by atoms with E-state index in [0.717, 1.165) is 0 Å². The van der Waals surface area contributed by atoms with E-state index in [1.165, 1.54) is 6.07 Å². The molecule has 0 saturated heterocycles. The Bertz CT molecular complexity index is 954. The normalized spacial score (nSPS) is 10.6. The summed E-state index contributed by atoms with van der Waals surface area (Å²) in [7, 11) is 0. The van der Waals surface area contributed by atoms with E-state index >= 15 is 0 Å². The molecule has 0 bridgehead atoms. The largest absolute Gasteiger partial charge is 0.456 e. The minimum Gasteiger partial charge on any atom is -0.456 e. The molecule has 0 amide bonds. The van der Waals surface area contributed by atoms with Crippen molar-refractivity contribution in [3.05, 3.63) is 71.4 Å². The van der Waals surface area contributed by atoms with E-state index in [-0.39, 0.29) is 42.8 Å². The number of Topliss-reactive ketones (excluding diaryl/α,β-unsaturated/α-hetero) is 1. The summed E-state index contributed by atoms with van der Waals surface area (Å²) in [6.45, 7) is 1.45. The Morgan fingerprint density at radius 3 is 2.63 bits per heavy atom. The molecule has 0 spiro atoms. The molecule has 6 nitrogen and oxygen atoms in total. The highest BCUT2D eigenvalue weighted by Crippen LogP contribution is 2.19. The lowest BCUT2D eigenvalue weighted by molar-refractivity contribution is -0.145. The van der Waals surface area contributed by atoms with Crippen molar-refractivity contribution in [3.63, 3.8) is 0 Å². The van der Waals surface area contributed by atoms with Gasteiger partial charge in [0.2, 0.25) is 5.82 Å². The van der Waals surface area contributed by atoms with Gasteiger partial charge in [0.1, 0.15) is 5.82 Å². The molecule has 0 atom stereocenters. The first-order chi connectivity index (χ1) is 13.0. The van der Waals surface area contributed by atoms with Gasteiger partial charge in [0.15, 0.2) is 12.4 Å². The number of aryl methyl sites for hydroxylation is 1. The Hall–Kier alpha value is -3.35. The highest BCUT2D eigenvalue weighted by atomic mass is 19.1. The number of hydrogen-bond donors (Lipinski definition) is 0. The molecular weight excluding hydrogens is 351 g/mol. The van der Waals surface area contributed by atoms with Crippen LogP contribution in [0, 0.1) is 12.7 Å². The van der Waals surface area contributed by atoms with Gasteiger partial charge in [0, 0.05) is 17.5 Å². The molecule has 0 radical (unpaired) electrons. The first-order valence-electron chi connectivity index (χ1n) is 8.36. The molecular formula is C20H17FN2O4. The number of ether oxygens (including phenoxy) is 1. The van der Waals surface area contributed by atoms with Crippen molar-refractivity contribution in [1.29, 1.82) is 0 Å². The summed E-state index contributed by atoms with van der Waals surface area (Å²) in [5, 5.41) is 3.75. The van der Waals surface area contributed by atoms with Crippen molar-refractivity contribution in [2.24, 2.45) is 0 Å². The van der Waals surface area contributed by atoms with Gasteiger partial charge in [-0.15, -0.1) is 0 Å². The van der Waals surface area contributed by atoms with E-state index in [0.29, 0.717) is 16.7 Å². The zero-order chi connectivity index (χ0) is 19.2. The molecule has 27 heavy (non-hydrogen) atoms. The summed E-state index contributed by atoms with van der Waals surface area (Å²) < 4.78 is 23.7. The van der Waals surface area contributed by atoms with Gasteiger partial charge in [0.25, 0.3) is 5.89 Å². The maximum absolute atomic E-state index is 13.6. The maximum Gasteiger partial charge on any atom is 0.306 e. The van der Waals surface area contributed by atoms with Crippen molar-refractivity contribution >= 4 is 11.8 Å². The molecule has 0 N–H and O–H groups in total.